The van der Waals surface area contributed by atoms with Gasteiger partial charge in [-0.2, -0.15) is 0 Å². The molecule has 0 spiro atoms. The quantitative estimate of drug-likeness (QED) is 0.854. The van der Waals surface area contributed by atoms with Gasteiger partial charge >= 0.3 is 5.97 Å². The predicted molar refractivity (Wildman–Crippen MR) is 72.8 cm³/mol. The van der Waals surface area contributed by atoms with Crippen molar-refractivity contribution in [2.24, 2.45) is 0 Å². The lowest BCUT2D eigenvalue weighted by Crippen LogP contribution is -2.49. The van der Waals surface area contributed by atoms with E-state index in [1.54, 1.807) is 6.92 Å². The molecule has 19 heavy (non-hydrogen) atoms. The molecule has 0 saturated heterocycles. The van der Waals surface area contributed by atoms with Crippen molar-refractivity contribution in [2.75, 3.05) is 6.26 Å². The number of hydrogen-bond donors (Lipinski definition) is 2. The highest BCUT2D eigenvalue weighted by atomic mass is 32.2. The SMILES string of the molecule is CC(C)NC(C)(C(=O)O)c1ccc(S(C)(=O)=O)cc1. The van der Waals surface area contributed by atoms with Crippen LogP contribution < -0.4 is 5.32 Å². The molecule has 0 radical (unpaired) electrons. The van der Waals surface area contributed by atoms with Crippen LogP contribution in [0.25, 0.3) is 0 Å². The van der Waals surface area contributed by atoms with Crippen molar-refractivity contribution in [1.82, 2.24) is 5.32 Å². The lowest BCUT2D eigenvalue weighted by molar-refractivity contribution is -0.144. The lowest BCUT2D eigenvalue weighted by Gasteiger charge is -2.29. The van der Waals surface area contributed by atoms with Crippen LogP contribution in [-0.2, 0) is 20.2 Å². The lowest BCUT2D eigenvalue weighted by atomic mass is 9.91. The van der Waals surface area contributed by atoms with E-state index in [1.165, 1.54) is 24.3 Å². The maximum absolute atomic E-state index is 11.5. The molecule has 0 aliphatic heterocycles. The molecule has 0 bridgehead atoms. The number of carboxylic acids is 1. The number of carboxylic acid groups (broad SMARTS) is 1. The van der Waals surface area contributed by atoms with Crippen LogP contribution in [0.5, 0.6) is 0 Å². The minimum Gasteiger partial charge on any atom is -0.480 e. The molecule has 1 aromatic carbocycles. The summed E-state index contributed by atoms with van der Waals surface area (Å²) in [5, 5.41) is 12.4. The zero-order valence-corrected chi connectivity index (χ0v) is 12.3. The van der Waals surface area contributed by atoms with Gasteiger partial charge in [0, 0.05) is 12.3 Å². The fraction of sp³-hybridized carbons (Fsp3) is 0.462. The molecule has 0 heterocycles. The van der Waals surface area contributed by atoms with E-state index in [4.69, 9.17) is 0 Å². The number of benzene rings is 1. The maximum atomic E-state index is 11.5. The highest BCUT2D eigenvalue weighted by Crippen LogP contribution is 2.23. The molecule has 0 aliphatic rings. The molecular weight excluding hydrogens is 266 g/mol. The van der Waals surface area contributed by atoms with Gasteiger partial charge in [0.05, 0.1) is 4.90 Å². The topological polar surface area (TPSA) is 83.5 Å². The van der Waals surface area contributed by atoms with Gasteiger partial charge in [-0.15, -0.1) is 0 Å². The third-order valence-electron chi connectivity index (χ3n) is 2.86. The van der Waals surface area contributed by atoms with Crippen LogP contribution in [0.15, 0.2) is 29.2 Å². The minimum atomic E-state index is -3.28. The third-order valence-corrected chi connectivity index (χ3v) is 3.99. The second kappa shape index (κ2) is 5.30. The van der Waals surface area contributed by atoms with E-state index in [-0.39, 0.29) is 10.9 Å². The zero-order valence-electron chi connectivity index (χ0n) is 11.5. The first-order chi connectivity index (χ1) is 8.57. The second-order valence-corrected chi connectivity index (χ2v) is 7.04. The Hall–Kier alpha value is -1.40. The van der Waals surface area contributed by atoms with Crippen molar-refractivity contribution < 1.29 is 18.3 Å². The van der Waals surface area contributed by atoms with E-state index in [9.17, 15) is 18.3 Å². The van der Waals surface area contributed by atoms with Crippen molar-refractivity contribution in [3.63, 3.8) is 0 Å². The molecule has 106 valence electrons. The second-order valence-electron chi connectivity index (χ2n) is 5.03. The molecule has 0 fully saturated rings. The van der Waals surface area contributed by atoms with E-state index >= 15 is 0 Å². The molecule has 2 N–H and O–H groups in total. The summed E-state index contributed by atoms with van der Waals surface area (Å²) in [5.41, 5.74) is -0.731. The first kappa shape index (κ1) is 15.7. The van der Waals surface area contributed by atoms with Gasteiger partial charge in [-0.1, -0.05) is 12.1 Å². The Morgan fingerprint density at radius 3 is 2.05 bits per heavy atom. The van der Waals surface area contributed by atoms with Gasteiger partial charge in [0.25, 0.3) is 0 Å². The number of rotatable bonds is 5. The fourth-order valence-corrected chi connectivity index (χ4v) is 2.51. The maximum Gasteiger partial charge on any atom is 0.328 e. The molecular formula is C13H19NO4S. The van der Waals surface area contributed by atoms with Gasteiger partial charge in [-0.05, 0) is 38.5 Å². The number of aliphatic carboxylic acids is 1. The largest absolute Gasteiger partial charge is 0.480 e. The van der Waals surface area contributed by atoms with Crippen molar-refractivity contribution in [2.45, 2.75) is 37.2 Å². The van der Waals surface area contributed by atoms with Crippen LogP contribution in [0, 0.1) is 0 Å². The van der Waals surface area contributed by atoms with E-state index in [1.807, 2.05) is 13.8 Å². The van der Waals surface area contributed by atoms with Crippen molar-refractivity contribution in [3.05, 3.63) is 29.8 Å². The van der Waals surface area contributed by atoms with E-state index in [0.29, 0.717) is 5.56 Å². The highest BCUT2D eigenvalue weighted by molar-refractivity contribution is 7.90. The molecule has 1 rings (SSSR count). The van der Waals surface area contributed by atoms with Gasteiger partial charge in [0.2, 0.25) is 0 Å². The minimum absolute atomic E-state index is 0.0179. The van der Waals surface area contributed by atoms with Gasteiger partial charge in [0.15, 0.2) is 9.84 Å². The van der Waals surface area contributed by atoms with E-state index in [0.717, 1.165) is 6.26 Å². The van der Waals surface area contributed by atoms with Crippen LogP contribution in [-0.4, -0.2) is 31.8 Å². The molecule has 0 aliphatic carbocycles. The summed E-state index contributed by atoms with van der Waals surface area (Å²) in [6.45, 7) is 5.27. The monoisotopic (exact) mass is 285 g/mol. The number of hydrogen-bond acceptors (Lipinski definition) is 4. The predicted octanol–water partition coefficient (Wildman–Crippen LogP) is 1.39. The Morgan fingerprint density at radius 1 is 1.26 bits per heavy atom. The van der Waals surface area contributed by atoms with Gasteiger partial charge < -0.3 is 5.11 Å². The van der Waals surface area contributed by atoms with Crippen LogP contribution >= 0.6 is 0 Å². The van der Waals surface area contributed by atoms with Gasteiger partial charge in [0.1, 0.15) is 5.54 Å². The van der Waals surface area contributed by atoms with Crippen molar-refractivity contribution >= 4 is 15.8 Å². The van der Waals surface area contributed by atoms with Crippen molar-refractivity contribution in [3.8, 4) is 0 Å². The Labute approximate surface area is 113 Å². The normalized spacial score (nSPS) is 15.2. The number of carbonyl (C=O) groups is 1. The Bertz CT molecular complexity index is 563. The van der Waals surface area contributed by atoms with Gasteiger partial charge in [-0.3, -0.25) is 5.32 Å². The Balaban J connectivity index is 3.23. The summed E-state index contributed by atoms with van der Waals surface area (Å²) in [7, 11) is -3.28. The highest BCUT2D eigenvalue weighted by Gasteiger charge is 2.35. The molecule has 6 heteroatoms. The molecule has 1 unspecified atom stereocenters. The average Bonchev–Trinajstić information content (AvgIpc) is 2.26. The van der Waals surface area contributed by atoms with Crippen LogP contribution in [0.3, 0.4) is 0 Å². The molecule has 0 aromatic heterocycles. The van der Waals surface area contributed by atoms with Crippen LogP contribution in [0.1, 0.15) is 26.3 Å². The summed E-state index contributed by atoms with van der Waals surface area (Å²) < 4.78 is 22.7. The molecule has 0 saturated carbocycles. The average molecular weight is 285 g/mol. The van der Waals surface area contributed by atoms with E-state index in [2.05, 4.69) is 5.32 Å². The fourth-order valence-electron chi connectivity index (χ4n) is 1.88. The smallest absolute Gasteiger partial charge is 0.328 e. The molecule has 0 amide bonds. The van der Waals surface area contributed by atoms with Crippen molar-refractivity contribution in [1.29, 1.82) is 0 Å². The third kappa shape index (κ3) is 3.54. The first-order valence-corrected chi connectivity index (χ1v) is 7.78. The summed E-state index contributed by atoms with van der Waals surface area (Å²) in [4.78, 5) is 11.6. The van der Waals surface area contributed by atoms with Gasteiger partial charge in [-0.25, -0.2) is 13.2 Å². The van der Waals surface area contributed by atoms with Crippen LogP contribution in [0.4, 0.5) is 0 Å². The summed E-state index contributed by atoms with van der Waals surface area (Å²) in [5.74, 6) is -1.01. The molecule has 5 nitrogen and oxygen atoms in total. The molecule has 1 aromatic rings. The zero-order chi connectivity index (χ0) is 14.8. The summed E-state index contributed by atoms with van der Waals surface area (Å²) in [6, 6.07) is 5.89. The number of nitrogens with one attached hydrogen (secondary N) is 1. The number of sulfone groups is 1. The van der Waals surface area contributed by atoms with E-state index < -0.39 is 21.3 Å². The summed E-state index contributed by atoms with van der Waals surface area (Å²) >= 11 is 0. The standard InChI is InChI=1S/C13H19NO4S/c1-9(2)14-13(3,12(15)16)10-5-7-11(8-6-10)19(4,17)18/h5-9,14H,1-4H3,(H,15,16). The van der Waals surface area contributed by atoms with Crippen LogP contribution in [0.2, 0.25) is 0 Å². The molecule has 1 atom stereocenters. The first-order valence-electron chi connectivity index (χ1n) is 5.89. The Morgan fingerprint density at radius 2 is 1.74 bits per heavy atom. The summed E-state index contributed by atoms with van der Waals surface area (Å²) in [6.07, 6.45) is 1.12. The Kier molecular flexibility index (Phi) is 4.37.